The first-order chi connectivity index (χ1) is 10.1. The molecule has 2 heterocycles. The summed E-state index contributed by atoms with van der Waals surface area (Å²) in [5.41, 5.74) is 3.25. The number of nitrogens with zero attached hydrogens (tertiary/aromatic N) is 1. The Labute approximate surface area is 126 Å². The lowest BCUT2D eigenvalue weighted by Crippen LogP contribution is -2.15. The van der Waals surface area contributed by atoms with Crippen molar-refractivity contribution < 1.29 is 9.59 Å². The van der Waals surface area contributed by atoms with Crippen molar-refractivity contribution in [3.63, 3.8) is 0 Å². The first-order valence-electron chi connectivity index (χ1n) is 6.78. The standard InChI is InChI=1S/C15H15N3O2S/c1-9(19)13-8-21-15(17-13)18-14(20)11-4-5-12-10(7-11)3-2-6-16-12/h4-5,7-8,16H,2-3,6H2,1H3,(H,17,18,20). The third kappa shape index (κ3) is 2.95. The third-order valence-corrected chi connectivity index (χ3v) is 4.15. The van der Waals surface area contributed by atoms with Gasteiger partial charge in [-0.1, -0.05) is 0 Å². The number of Topliss-reactive ketones (excluding diaryl/α,β-unsaturated/α-hetero) is 1. The summed E-state index contributed by atoms with van der Waals surface area (Å²) in [6.45, 7) is 2.43. The molecule has 2 N–H and O–H groups in total. The number of ketones is 1. The SMILES string of the molecule is CC(=O)c1csc(NC(=O)c2ccc3c(c2)CCCN3)n1. The number of rotatable bonds is 3. The van der Waals surface area contributed by atoms with Crippen LogP contribution in [0.5, 0.6) is 0 Å². The Kier molecular flexibility index (Phi) is 3.70. The first kappa shape index (κ1) is 13.8. The van der Waals surface area contributed by atoms with Gasteiger partial charge in [0.2, 0.25) is 0 Å². The fourth-order valence-electron chi connectivity index (χ4n) is 2.28. The number of hydrogen-bond donors (Lipinski definition) is 2. The maximum absolute atomic E-state index is 12.2. The third-order valence-electron chi connectivity index (χ3n) is 3.39. The molecule has 0 bridgehead atoms. The molecule has 108 valence electrons. The van der Waals surface area contributed by atoms with Gasteiger partial charge in [-0.15, -0.1) is 11.3 Å². The summed E-state index contributed by atoms with van der Waals surface area (Å²) in [5, 5.41) is 8.14. The summed E-state index contributed by atoms with van der Waals surface area (Å²) in [5.74, 6) is -0.306. The van der Waals surface area contributed by atoms with Gasteiger partial charge in [0, 0.05) is 30.1 Å². The van der Waals surface area contributed by atoms with Crippen molar-refractivity contribution in [3.05, 3.63) is 40.4 Å². The zero-order valence-electron chi connectivity index (χ0n) is 11.6. The summed E-state index contributed by atoms with van der Waals surface area (Å²) < 4.78 is 0. The number of fused-ring (bicyclic) bond motifs is 1. The molecule has 0 spiro atoms. The molecule has 0 fully saturated rings. The van der Waals surface area contributed by atoms with Crippen LogP contribution in [-0.2, 0) is 6.42 Å². The molecular weight excluding hydrogens is 286 g/mol. The van der Waals surface area contributed by atoms with Gasteiger partial charge in [-0.05, 0) is 36.6 Å². The molecule has 21 heavy (non-hydrogen) atoms. The van der Waals surface area contributed by atoms with E-state index in [1.165, 1.54) is 18.3 Å². The normalized spacial score (nSPS) is 13.2. The maximum Gasteiger partial charge on any atom is 0.257 e. The molecule has 0 radical (unpaired) electrons. The zero-order chi connectivity index (χ0) is 14.8. The molecule has 0 unspecified atom stereocenters. The van der Waals surface area contributed by atoms with Gasteiger partial charge in [0.1, 0.15) is 5.69 Å². The van der Waals surface area contributed by atoms with Crippen molar-refractivity contribution >= 4 is 33.8 Å². The molecule has 0 aliphatic carbocycles. The van der Waals surface area contributed by atoms with Crippen molar-refractivity contribution in [2.75, 3.05) is 17.2 Å². The lowest BCUT2D eigenvalue weighted by Gasteiger charge is -2.18. The summed E-state index contributed by atoms with van der Waals surface area (Å²) >= 11 is 1.25. The highest BCUT2D eigenvalue weighted by Crippen LogP contribution is 2.24. The van der Waals surface area contributed by atoms with Gasteiger partial charge in [-0.2, -0.15) is 0 Å². The lowest BCUT2D eigenvalue weighted by molar-refractivity contribution is 0.100. The van der Waals surface area contributed by atoms with Crippen molar-refractivity contribution in [3.8, 4) is 0 Å². The average molecular weight is 301 g/mol. The number of carbonyl (C=O) groups is 2. The van der Waals surface area contributed by atoms with E-state index in [-0.39, 0.29) is 11.7 Å². The number of amides is 1. The average Bonchev–Trinajstić information content (AvgIpc) is 2.95. The minimum Gasteiger partial charge on any atom is -0.385 e. The van der Waals surface area contributed by atoms with E-state index in [0.29, 0.717) is 16.4 Å². The molecule has 1 aromatic heterocycles. The highest BCUT2D eigenvalue weighted by Gasteiger charge is 2.14. The second-order valence-electron chi connectivity index (χ2n) is 4.95. The summed E-state index contributed by atoms with van der Waals surface area (Å²) in [7, 11) is 0. The van der Waals surface area contributed by atoms with Crippen molar-refractivity contribution in [2.45, 2.75) is 19.8 Å². The largest absolute Gasteiger partial charge is 0.385 e. The van der Waals surface area contributed by atoms with Crippen LogP contribution in [-0.4, -0.2) is 23.2 Å². The zero-order valence-corrected chi connectivity index (χ0v) is 12.4. The number of hydrogen-bond acceptors (Lipinski definition) is 5. The molecule has 3 rings (SSSR count). The Morgan fingerprint density at radius 1 is 1.38 bits per heavy atom. The lowest BCUT2D eigenvalue weighted by atomic mass is 10.0. The molecule has 1 amide bonds. The van der Waals surface area contributed by atoms with E-state index in [0.717, 1.165) is 30.6 Å². The number of carbonyl (C=O) groups excluding carboxylic acids is 2. The first-order valence-corrected chi connectivity index (χ1v) is 7.66. The second-order valence-corrected chi connectivity index (χ2v) is 5.81. The van der Waals surface area contributed by atoms with Crippen molar-refractivity contribution in [1.82, 2.24) is 4.98 Å². The predicted molar refractivity (Wildman–Crippen MR) is 83.3 cm³/mol. The number of aromatic nitrogens is 1. The van der Waals surface area contributed by atoms with Crippen LogP contribution >= 0.6 is 11.3 Å². The molecule has 5 nitrogen and oxygen atoms in total. The molecule has 1 aromatic carbocycles. The Balaban J connectivity index is 1.77. The fourth-order valence-corrected chi connectivity index (χ4v) is 3.02. The van der Waals surface area contributed by atoms with Crippen LogP contribution in [0, 0.1) is 0 Å². The number of benzene rings is 1. The Bertz CT molecular complexity index is 709. The van der Waals surface area contributed by atoms with E-state index in [1.54, 1.807) is 11.4 Å². The molecule has 2 aromatic rings. The monoisotopic (exact) mass is 301 g/mol. The van der Waals surface area contributed by atoms with Gasteiger partial charge in [0.05, 0.1) is 0 Å². The van der Waals surface area contributed by atoms with E-state index in [9.17, 15) is 9.59 Å². The van der Waals surface area contributed by atoms with Gasteiger partial charge in [-0.25, -0.2) is 4.98 Å². The maximum atomic E-state index is 12.2. The number of thiazole rings is 1. The van der Waals surface area contributed by atoms with Gasteiger partial charge in [-0.3, -0.25) is 14.9 Å². The number of anilines is 2. The van der Waals surface area contributed by atoms with Gasteiger partial charge in [0.15, 0.2) is 10.9 Å². The van der Waals surface area contributed by atoms with Crippen LogP contribution in [0.2, 0.25) is 0 Å². The smallest absolute Gasteiger partial charge is 0.257 e. The topological polar surface area (TPSA) is 71.1 Å². The predicted octanol–water partition coefficient (Wildman–Crippen LogP) is 2.96. The Morgan fingerprint density at radius 2 is 2.24 bits per heavy atom. The molecule has 0 saturated heterocycles. The Hall–Kier alpha value is -2.21. The van der Waals surface area contributed by atoms with Crippen LogP contribution in [0.25, 0.3) is 0 Å². The second kappa shape index (κ2) is 5.65. The van der Waals surface area contributed by atoms with E-state index in [4.69, 9.17) is 0 Å². The summed E-state index contributed by atoms with van der Waals surface area (Å²) in [4.78, 5) is 27.5. The quantitative estimate of drug-likeness (QED) is 0.855. The van der Waals surface area contributed by atoms with Crippen LogP contribution in [0.3, 0.4) is 0 Å². The molecule has 6 heteroatoms. The van der Waals surface area contributed by atoms with Crippen LogP contribution in [0.15, 0.2) is 23.6 Å². The molecule has 0 saturated carbocycles. The molecule has 0 atom stereocenters. The molecule has 1 aliphatic rings. The molecular formula is C15H15N3O2S. The minimum absolute atomic E-state index is 0.105. The van der Waals surface area contributed by atoms with E-state index >= 15 is 0 Å². The number of aryl methyl sites for hydroxylation is 1. The van der Waals surface area contributed by atoms with Crippen LogP contribution in [0.4, 0.5) is 10.8 Å². The number of nitrogens with one attached hydrogen (secondary N) is 2. The van der Waals surface area contributed by atoms with E-state index < -0.39 is 0 Å². The van der Waals surface area contributed by atoms with Gasteiger partial charge >= 0.3 is 0 Å². The summed E-state index contributed by atoms with van der Waals surface area (Å²) in [6.07, 6.45) is 2.06. The van der Waals surface area contributed by atoms with Crippen molar-refractivity contribution in [1.29, 1.82) is 0 Å². The Morgan fingerprint density at radius 3 is 3.00 bits per heavy atom. The van der Waals surface area contributed by atoms with Gasteiger partial charge in [0.25, 0.3) is 5.91 Å². The highest BCUT2D eigenvalue weighted by molar-refractivity contribution is 7.14. The van der Waals surface area contributed by atoms with E-state index in [1.807, 2.05) is 12.1 Å². The van der Waals surface area contributed by atoms with Gasteiger partial charge < -0.3 is 5.32 Å². The summed E-state index contributed by atoms with van der Waals surface area (Å²) in [6, 6.07) is 5.65. The fraction of sp³-hybridized carbons (Fsp3) is 0.267. The van der Waals surface area contributed by atoms with Crippen molar-refractivity contribution in [2.24, 2.45) is 0 Å². The highest BCUT2D eigenvalue weighted by atomic mass is 32.1. The minimum atomic E-state index is -0.201. The van der Waals surface area contributed by atoms with E-state index in [2.05, 4.69) is 15.6 Å². The van der Waals surface area contributed by atoms with Crippen LogP contribution < -0.4 is 10.6 Å². The molecule has 1 aliphatic heterocycles. The van der Waals surface area contributed by atoms with Crippen LogP contribution in [0.1, 0.15) is 39.8 Å².